The van der Waals surface area contributed by atoms with Crippen LogP contribution in [0.3, 0.4) is 0 Å². The fourth-order valence-corrected chi connectivity index (χ4v) is 1.01. The van der Waals surface area contributed by atoms with Gasteiger partial charge in [0.25, 0.3) is 0 Å². The zero-order valence-electron chi connectivity index (χ0n) is 5.27. The normalized spacial score (nSPS) is 10.0. The van der Waals surface area contributed by atoms with E-state index in [1.165, 1.54) is 0 Å². The molecule has 0 aromatic rings. The van der Waals surface area contributed by atoms with E-state index < -0.39 is 3.23 Å². The van der Waals surface area contributed by atoms with Crippen molar-refractivity contribution in [3.8, 4) is 12.1 Å². The van der Waals surface area contributed by atoms with E-state index in [1.807, 2.05) is 12.1 Å². The van der Waals surface area contributed by atoms with Crippen molar-refractivity contribution in [2.45, 2.75) is 22.5 Å². The summed E-state index contributed by atoms with van der Waals surface area (Å²) in [5.41, 5.74) is 0. The third-order valence-corrected chi connectivity index (χ3v) is 2.09. The Morgan fingerprint density at radius 3 is 2.30 bits per heavy atom. The number of rotatable bonds is 3. The topological polar surface area (TPSA) is 47.6 Å². The molecule has 0 aliphatic carbocycles. The molecule has 0 radical (unpaired) electrons. The first-order valence-electron chi connectivity index (χ1n) is 2.78. The van der Waals surface area contributed by atoms with E-state index in [0.29, 0.717) is 12.8 Å². The molecule has 0 saturated heterocycles. The first kappa shape index (κ1) is 9.94. The summed E-state index contributed by atoms with van der Waals surface area (Å²) in [5, 5.41) is 16.6. The summed E-state index contributed by atoms with van der Waals surface area (Å²) >= 11 is 6.31. The van der Waals surface area contributed by atoms with Gasteiger partial charge in [-0.3, -0.25) is 0 Å². The predicted molar refractivity (Wildman–Crippen MR) is 45.7 cm³/mol. The van der Waals surface area contributed by atoms with Crippen LogP contribution in [0.2, 0.25) is 0 Å². The van der Waals surface area contributed by atoms with Crippen LogP contribution in [0.15, 0.2) is 0 Å². The Balaban J connectivity index is 3.52. The number of alkyl halides is 2. The highest BCUT2D eigenvalue weighted by atomic mass is 79.9. The van der Waals surface area contributed by atoms with E-state index in [0.717, 1.165) is 6.42 Å². The number of nitriles is 2. The largest absolute Gasteiger partial charge is 0.198 e. The average Bonchev–Trinajstić information content (AvgIpc) is 1.89. The van der Waals surface area contributed by atoms with E-state index in [9.17, 15) is 0 Å². The maximum absolute atomic E-state index is 8.47. The predicted octanol–water partition coefficient (Wildman–Crippen LogP) is 2.69. The molecule has 0 N–H and O–H groups in total. The molecule has 0 unspecified atom stereocenters. The summed E-state index contributed by atoms with van der Waals surface area (Å²) in [4.78, 5) is 0. The van der Waals surface area contributed by atoms with E-state index in [-0.39, 0.29) is 0 Å². The van der Waals surface area contributed by atoms with Gasteiger partial charge in [-0.1, -0.05) is 31.9 Å². The van der Waals surface area contributed by atoms with Crippen LogP contribution in [0.25, 0.3) is 0 Å². The fraction of sp³-hybridized carbons (Fsp3) is 0.667. The molecule has 2 nitrogen and oxygen atoms in total. The Kier molecular flexibility index (Phi) is 4.68. The molecule has 0 aliphatic heterocycles. The van der Waals surface area contributed by atoms with Crippen molar-refractivity contribution >= 4 is 31.9 Å². The Morgan fingerprint density at radius 2 is 1.90 bits per heavy atom. The second-order valence-corrected chi connectivity index (χ2v) is 5.60. The minimum atomic E-state index is -0.628. The highest BCUT2D eigenvalue weighted by Crippen LogP contribution is 2.30. The summed E-state index contributed by atoms with van der Waals surface area (Å²) in [6, 6.07) is 4.04. The molecule has 4 heteroatoms. The van der Waals surface area contributed by atoms with E-state index in [4.69, 9.17) is 10.5 Å². The minimum Gasteiger partial charge on any atom is -0.198 e. The molecule has 0 aliphatic rings. The number of unbranched alkanes of at least 4 members (excludes halogenated alkanes) is 1. The first-order valence-corrected chi connectivity index (χ1v) is 4.37. The number of nitrogens with zero attached hydrogens (tertiary/aromatic N) is 2. The van der Waals surface area contributed by atoms with Gasteiger partial charge in [0, 0.05) is 6.42 Å². The van der Waals surface area contributed by atoms with E-state index >= 15 is 0 Å². The summed E-state index contributed by atoms with van der Waals surface area (Å²) in [7, 11) is 0. The summed E-state index contributed by atoms with van der Waals surface area (Å²) in [5.74, 6) is 0. The lowest BCUT2D eigenvalue weighted by Gasteiger charge is -2.07. The number of hydrogen-bond acceptors (Lipinski definition) is 2. The SMILES string of the molecule is N#CCCCC(Br)(Br)C#N. The number of hydrogen-bond donors (Lipinski definition) is 0. The molecule has 0 amide bonds. The Hall–Kier alpha value is -0.0600. The molecule has 10 heavy (non-hydrogen) atoms. The van der Waals surface area contributed by atoms with Crippen molar-refractivity contribution in [3.63, 3.8) is 0 Å². The third kappa shape index (κ3) is 4.78. The zero-order valence-corrected chi connectivity index (χ0v) is 8.44. The second-order valence-electron chi connectivity index (χ2n) is 1.83. The minimum absolute atomic E-state index is 0.501. The van der Waals surface area contributed by atoms with Crippen molar-refractivity contribution in [1.29, 1.82) is 10.5 Å². The van der Waals surface area contributed by atoms with Gasteiger partial charge in [-0.2, -0.15) is 10.5 Å². The highest BCUT2D eigenvalue weighted by molar-refractivity contribution is 9.25. The van der Waals surface area contributed by atoms with Crippen LogP contribution in [-0.2, 0) is 0 Å². The Bertz CT molecular complexity index is 175. The molecule has 0 atom stereocenters. The third-order valence-electron chi connectivity index (χ3n) is 0.943. The van der Waals surface area contributed by atoms with E-state index in [1.54, 1.807) is 0 Å². The van der Waals surface area contributed by atoms with Crippen LogP contribution in [0.5, 0.6) is 0 Å². The standard InChI is InChI=1S/C6H6Br2N2/c7-6(8,5-10)3-1-2-4-9/h1-3H2. The van der Waals surface area contributed by atoms with Crippen LogP contribution >= 0.6 is 31.9 Å². The summed E-state index contributed by atoms with van der Waals surface area (Å²) < 4.78 is -0.628. The fourth-order valence-electron chi connectivity index (χ4n) is 0.445. The van der Waals surface area contributed by atoms with Crippen molar-refractivity contribution in [3.05, 3.63) is 0 Å². The van der Waals surface area contributed by atoms with Gasteiger partial charge in [0.15, 0.2) is 3.23 Å². The van der Waals surface area contributed by atoms with Gasteiger partial charge in [-0.15, -0.1) is 0 Å². The zero-order chi connectivity index (χ0) is 8.04. The Morgan fingerprint density at radius 1 is 1.30 bits per heavy atom. The van der Waals surface area contributed by atoms with Crippen LogP contribution in [0.4, 0.5) is 0 Å². The molecule has 0 rings (SSSR count). The molecule has 0 aromatic heterocycles. The molecule has 0 saturated carbocycles. The lowest BCUT2D eigenvalue weighted by atomic mass is 10.2. The molecule has 54 valence electrons. The van der Waals surface area contributed by atoms with Crippen LogP contribution in [0.1, 0.15) is 19.3 Å². The van der Waals surface area contributed by atoms with Gasteiger partial charge < -0.3 is 0 Å². The van der Waals surface area contributed by atoms with Gasteiger partial charge in [-0.25, -0.2) is 0 Å². The van der Waals surface area contributed by atoms with E-state index in [2.05, 4.69) is 31.9 Å². The second kappa shape index (κ2) is 4.71. The maximum atomic E-state index is 8.47. The van der Waals surface area contributed by atoms with Gasteiger partial charge >= 0.3 is 0 Å². The smallest absolute Gasteiger partial charge is 0.166 e. The van der Waals surface area contributed by atoms with Gasteiger partial charge in [0.2, 0.25) is 0 Å². The van der Waals surface area contributed by atoms with Gasteiger partial charge in [0.1, 0.15) is 0 Å². The number of halogens is 2. The quantitative estimate of drug-likeness (QED) is 0.582. The van der Waals surface area contributed by atoms with Gasteiger partial charge in [-0.05, 0) is 12.8 Å². The monoisotopic (exact) mass is 264 g/mol. The molecule has 0 bridgehead atoms. The highest BCUT2D eigenvalue weighted by Gasteiger charge is 2.20. The van der Waals surface area contributed by atoms with Crippen LogP contribution in [0, 0.1) is 22.7 Å². The maximum Gasteiger partial charge on any atom is 0.166 e. The first-order chi connectivity index (χ1) is 4.62. The molecule has 0 heterocycles. The summed E-state index contributed by atoms with van der Waals surface area (Å²) in [6.07, 6.45) is 1.89. The molecule has 0 aromatic carbocycles. The van der Waals surface area contributed by atoms with Gasteiger partial charge in [0.05, 0.1) is 12.1 Å². The van der Waals surface area contributed by atoms with Crippen LogP contribution in [-0.4, -0.2) is 3.23 Å². The Labute approximate surface area is 77.1 Å². The van der Waals surface area contributed by atoms with Crippen molar-refractivity contribution in [2.24, 2.45) is 0 Å². The molecule has 0 spiro atoms. The van der Waals surface area contributed by atoms with Crippen molar-refractivity contribution in [2.75, 3.05) is 0 Å². The molecular weight excluding hydrogens is 260 g/mol. The lowest BCUT2D eigenvalue weighted by Crippen LogP contribution is -2.05. The van der Waals surface area contributed by atoms with Crippen molar-refractivity contribution < 1.29 is 0 Å². The molecule has 0 fully saturated rings. The summed E-state index contributed by atoms with van der Waals surface area (Å²) in [6.45, 7) is 0. The average molecular weight is 266 g/mol. The molecular formula is C6H6Br2N2. The van der Waals surface area contributed by atoms with Crippen LogP contribution < -0.4 is 0 Å². The lowest BCUT2D eigenvalue weighted by molar-refractivity contribution is 0.771. The van der Waals surface area contributed by atoms with Crippen molar-refractivity contribution in [1.82, 2.24) is 0 Å².